The molecular formula is C9H8ClNO2. The average molecular weight is 198 g/mol. The molecule has 0 bridgehead atoms. The van der Waals surface area contributed by atoms with Gasteiger partial charge in [-0.3, -0.25) is 10.1 Å². The molecule has 3 nitrogen and oxygen atoms in total. The highest BCUT2D eigenvalue weighted by molar-refractivity contribution is 6.32. The van der Waals surface area contributed by atoms with E-state index in [0.29, 0.717) is 10.6 Å². The number of hydrogen-bond acceptors (Lipinski definition) is 2. The minimum Gasteiger partial charge on any atom is -0.259 e. The molecule has 0 saturated heterocycles. The van der Waals surface area contributed by atoms with Gasteiger partial charge in [0.05, 0.1) is 4.92 Å². The van der Waals surface area contributed by atoms with Gasteiger partial charge in [0.25, 0.3) is 0 Å². The van der Waals surface area contributed by atoms with Gasteiger partial charge in [-0.05, 0) is 24.1 Å². The molecule has 0 amide bonds. The minimum atomic E-state index is -0.518. The van der Waals surface area contributed by atoms with Crippen LogP contribution >= 0.6 is 11.6 Å². The molecule has 1 rings (SSSR count). The van der Waals surface area contributed by atoms with Crippen molar-refractivity contribution in [1.29, 1.82) is 0 Å². The van der Waals surface area contributed by atoms with E-state index in [4.69, 9.17) is 11.6 Å². The number of rotatable bonds is 2. The van der Waals surface area contributed by atoms with Gasteiger partial charge in [-0.1, -0.05) is 23.7 Å². The molecule has 0 radical (unpaired) electrons. The normalized spacial score (nSPS) is 10.6. The van der Waals surface area contributed by atoms with Crippen LogP contribution in [0.5, 0.6) is 0 Å². The molecule has 0 spiro atoms. The summed E-state index contributed by atoms with van der Waals surface area (Å²) < 4.78 is 0. The van der Waals surface area contributed by atoms with Crippen LogP contribution in [-0.4, -0.2) is 4.92 Å². The van der Waals surface area contributed by atoms with Crippen LogP contribution in [0, 0.1) is 17.0 Å². The third-order valence-electron chi connectivity index (χ3n) is 1.53. The summed E-state index contributed by atoms with van der Waals surface area (Å²) in [5.74, 6) is 0. The molecule has 68 valence electrons. The lowest BCUT2D eigenvalue weighted by atomic mass is 10.1. The molecule has 1 aromatic carbocycles. The number of benzene rings is 1. The number of halogens is 1. The maximum atomic E-state index is 10.0. The van der Waals surface area contributed by atoms with Crippen LogP contribution in [0.25, 0.3) is 6.08 Å². The van der Waals surface area contributed by atoms with Gasteiger partial charge >= 0.3 is 0 Å². The van der Waals surface area contributed by atoms with Gasteiger partial charge in [0.2, 0.25) is 6.20 Å². The quantitative estimate of drug-likeness (QED) is 0.541. The zero-order valence-electron chi connectivity index (χ0n) is 7.03. The molecular weight excluding hydrogens is 190 g/mol. The molecule has 0 heterocycles. The van der Waals surface area contributed by atoms with E-state index in [1.807, 2.05) is 13.0 Å². The summed E-state index contributed by atoms with van der Waals surface area (Å²) in [7, 11) is 0. The van der Waals surface area contributed by atoms with Crippen LogP contribution in [0.15, 0.2) is 24.4 Å². The zero-order valence-corrected chi connectivity index (χ0v) is 7.78. The van der Waals surface area contributed by atoms with Gasteiger partial charge in [0.1, 0.15) is 0 Å². The molecule has 0 atom stereocenters. The Balaban J connectivity index is 2.96. The standard InChI is InChI=1S/C9H8ClNO2/c1-7-2-3-8(9(10)6-7)4-5-11(12)13/h2-6H,1H3/b5-4+. The number of hydrogen-bond donors (Lipinski definition) is 0. The fraction of sp³-hybridized carbons (Fsp3) is 0.111. The van der Waals surface area contributed by atoms with Gasteiger partial charge in [-0.2, -0.15) is 0 Å². The van der Waals surface area contributed by atoms with Crippen molar-refractivity contribution in [2.45, 2.75) is 6.92 Å². The first-order valence-corrected chi connectivity index (χ1v) is 4.05. The van der Waals surface area contributed by atoms with E-state index in [0.717, 1.165) is 11.8 Å². The van der Waals surface area contributed by atoms with Crippen LogP contribution in [0.2, 0.25) is 5.02 Å². The predicted octanol–water partition coefficient (Wildman–Crippen LogP) is 2.90. The van der Waals surface area contributed by atoms with Gasteiger partial charge < -0.3 is 0 Å². The highest BCUT2D eigenvalue weighted by atomic mass is 35.5. The van der Waals surface area contributed by atoms with Crippen molar-refractivity contribution in [3.05, 3.63) is 50.7 Å². The Morgan fingerprint density at radius 1 is 1.54 bits per heavy atom. The topological polar surface area (TPSA) is 43.1 Å². The van der Waals surface area contributed by atoms with Crippen LogP contribution in [-0.2, 0) is 0 Å². The predicted molar refractivity (Wildman–Crippen MR) is 52.2 cm³/mol. The van der Waals surface area contributed by atoms with Crippen molar-refractivity contribution in [3.63, 3.8) is 0 Å². The molecule has 0 aliphatic heterocycles. The third-order valence-corrected chi connectivity index (χ3v) is 1.86. The molecule has 0 aliphatic carbocycles. The number of nitro groups is 1. The SMILES string of the molecule is Cc1ccc(/C=C/[N+](=O)[O-])c(Cl)c1. The first-order chi connectivity index (χ1) is 6.09. The Bertz CT molecular complexity index is 361. The molecule has 0 unspecified atom stereocenters. The Morgan fingerprint density at radius 2 is 2.23 bits per heavy atom. The van der Waals surface area contributed by atoms with Crippen molar-refractivity contribution in [2.75, 3.05) is 0 Å². The summed E-state index contributed by atoms with van der Waals surface area (Å²) in [5, 5.41) is 10.6. The Kier molecular flexibility index (Phi) is 3.03. The second kappa shape index (κ2) is 4.05. The van der Waals surface area contributed by atoms with E-state index in [9.17, 15) is 10.1 Å². The Labute approximate surface area is 80.8 Å². The minimum absolute atomic E-state index is 0.518. The summed E-state index contributed by atoms with van der Waals surface area (Å²) in [6.07, 6.45) is 2.25. The summed E-state index contributed by atoms with van der Waals surface area (Å²) in [6, 6.07) is 5.37. The van der Waals surface area contributed by atoms with E-state index in [1.54, 1.807) is 12.1 Å². The lowest BCUT2D eigenvalue weighted by molar-refractivity contribution is -0.400. The van der Waals surface area contributed by atoms with Gasteiger partial charge in [-0.15, -0.1) is 0 Å². The summed E-state index contributed by atoms with van der Waals surface area (Å²) >= 11 is 5.84. The van der Waals surface area contributed by atoms with Crippen LogP contribution in [0.3, 0.4) is 0 Å². The average Bonchev–Trinajstić information content (AvgIpc) is 2.02. The van der Waals surface area contributed by atoms with Gasteiger partial charge in [0, 0.05) is 11.1 Å². The monoisotopic (exact) mass is 197 g/mol. The lowest BCUT2D eigenvalue weighted by Crippen LogP contribution is -1.83. The zero-order chi connectivity index (χ0) is 9.84. The fourth-order valence-corrected chi connectivity index (χ4v) is 1.21. The van der Waals surface area contributed by atoms with Crippen molar-refractivity contribution in [3.8, 4) is 0 Å². The van der Waals surface area contributed by atoms with Crippen molar-refractivity contribution < 1.29 is 4.92 Å². The molecule has 0 aromatic heterocycles. The largest absolute Gasteiger partial charge is 0.259 e. The van der Waals surface area contributed by atoms with Crippen molar-refractivity contribution >= 4 is 17.7 Å². The molecule has 1 aromatic rings. The molecule has 0 N–H and O–H groups in total. The van der Waals surface area contributed by atoms with E-state index in [1.165, 1.54) is 6.08 Å². The van der Waals surface area contributed by atoms with E-state index in [2.05, 4.69) is 0 Å². The van der Waals surface area contributed by atoms with Gasteiger partial charge in [0.15, 0.2) is 0 Å². The summed E-state index contributed by atoms with van der Waals surface area (Å²) in [4.78, 5) is 9.51. The van der Waals surface area contributed by atoms with Crippen LogP contribution in [0.1, 0.15) is 11.1 Å². The van der Waals surface area contributed by atoms with Crippen molar-refractivity contribution in [2.24, 2.45) is 0 Å². The molecule has 0 fully saturated rings. The van der Waals surface area contributed by atoms with Crippen molar-refractivity contribution in [1.82, 2.24) is 0 Å². The Hall–Kier alpha value is -1.35. The number of nitrogens with zero attached hydrogens (tertiary/aromatic N) is 1. The fourth-order valence-electron chi connectivity index (χ4n) is 0.908. The third kappa shape index (κ3) is 2.87. The smallest absolute Gasteiger partial charge is 0.235 e. The maximum absolute atomic E-state index is 10.0. The van der Waals surface area contributed by atoms with E-state index >= 15 is 0 Å². The van der Waals surface area contributed by atoms with E-state index in [-0.39, 0.29) is 0 Å². The molecule has 4 heteroatoms. The van der Waals surface area contributed by atoms with E-state index < -0.39 is 4.92 Å². The highest BCUT2D eigenvalue weighted by Gasteiger charge is 1.97. The molecule has 0 aliphatic rings. The maximum Gasteiger partial charge on any atom is 0.235 e. The first kappa shape index (κ1) is 9.74. The first-order valence-electron chi connectivity index (χ1n) is 3.67. The van der Waals surface area contributed by atoms with Crippen LogP contribution < -0.4 is 0 Å². The second-order valence-corrected chi connectivity index (χ2v) is 3.03. The van der Waals surface area contributed by atoms with Crippen LogP contribution in [0.4, 0.5) is 0 Å². The Morgan fingerprint density at radius 3 is 2.77 bits per heavy atom. The second-order valence-electron chi connectivity index (χ2n) is 2.63. The van der Waals surface area contributed by atoms with Gasteiger partial charge in [-0.25, -0.2) is 0 Å². The molecule has 0 saturated carbocycles. The summed E-state index contributed by atoms with van der Waals surface area (Å²) in [6.45, 7) is 1.91. The summed E-state index contributed by atoms with van der Waals surface area (Å²) in [5.41, 5.74) is 1.69. The lowest BCUT2D eigenvalue weighted by Gasteiger charge is -1.97. The highest BCUT2D eigenvalue weighted by Crippen LogP contribution is 2.18. The number of aryl methyl sites for hydroxylation is 1. The molecule has 13 heavy (non-hydrogen) atoms.